The molecule has 0 saturated carbocycles. The lowest BCUT2D eigenvalue weighted by Gasteiger charge is -2.04. The van der Waals surface area contributed by atoms with Gasteiger partial charge >= 0.3 is 0 Å². The van der Waals surface area contributed by atoms with E-state index in [1.165, 1.54) is 12.3 Å². The molecule has 0 aliphatic heterocycles. The van der Waals surface area contributed by atoms with Gasteiger partial charge in [0.25, 0.3) is 11.1 Å². The summed E-state index contributed by atoms with van der Waals surface area (Å²) in [6.07, 6.45) is 1.45. The van der Waals surface area contributed by atoms with Gasteiger partial charge in [0.05, 0.1) is 5.52 Å². The quantitative estimate of drug-likeness (QED) is 0.511. The Bertz CT molecular complexity index is 945. The largest absolute Gasteiger partial charge is 0.458 e. The van der Waals surface area contributed by atoms with E-state index in [1.54, 1.807) is 24.3 Å². The summed E-state index contributed by atoms with van der Waals surface area (Å²) in [6.45, 7) is 0. The molecule has 0 aliphatic carbocycles. The van der Waals surface area contributed by atoms with Crippen molar-refractivity contribution in [2.24, 2.45) is 0 Å². The van der Waals surface area contributed by atoms with Gasteiger partial charge in [0.2, 0.25) is 9.84 Å². The van der Waals surface area contributed by atoms with Crippen molar-refractivity contribution < 1.29 is 13.3 Å². The zero-order valence-corrected chi connectivity index (χ0v) is 11.1. The topological polar surface area (TPSA) is 130 Å². The normalized spacial score (nSPS) is 11.6. The number of nitrogens with zero attached hydrogens (tertiary/aromatic N) is 5. The number of nitro groups is 1. The van der Waals surface area contributed by atoms with Crippen LogP contribution >= 0.6 is 0 Å². The Balaban J connectivity index is 2.22. The van der Waals surface area contributed by atoms with E-state index >= 15 is 0 Å². The second-order valence-electron chi connectivity index (χ2n) is 3.99. The highest BCUT2D eigenvalue weighted by atomic mass is 32.2. The Labute approximate surface area is 117 Å². The molecule has 9 nitrogen and oxygen atoms in total. The minimum absolute atomic E-state index is 0.122. The number of rotatable bonds is 3. The molecule has 3 rings (SSSR count). The molecule has 0 amide bonds. The highest BCUT2D eigenvalue weighted by Crippen LogP contribution is 2.25. The van der Waals surface area contributed by atoms with E-state index in [0.717, 1.165) is 0 Å². The molecule has 21 heavy (non-hydrogen) atoms. The SMILES string of the molecule is O=[N+]([O-])c1nnc(S(=O)(=O)c2cccc3cccnc23)[n-]1. The molecule has 10 heteroatoms. The van der Waals surface area contributed by atoms with Crippen LogP contribution in [0.5, 0.6) is 0 Å². The van der Waals surface area contributed by atoms with Crippen molar-refractivity contribution in [3.05, 3.63) is 46.6 Å². The smallest absolute Gasteiger partial charge is 0.277 e. The third kappa shape index (κ3) is 2.10. The fourth-order valence-corrected chi connectivity index (χ4v) is 3.03. The van der Waals surface area contributed by atoms with Crippen LogP contribution in [-0.2, 0) is 9.84 Å². The first-order valence-corrected chi connectivity index (χ1v) is 7.09. The predicted molar refractivity (Wildman–Crippen MR) is 69.2 cm³/mol. The molecule has 0 atom stereocenters. The maximum atomic E-state index is 12.5. The molecule has 0 aliphatic rings. The molecule has 0 unspecified atom stereocenters. The molecular formula is C11H6N5O4S-. The zero-order valence-electron chi connectivity index (χ0n) is 10.2. The van der Waals surface area contributed by atoms with Crippen molar-refractivity contribution in [2.45, 2.75) is 10.1 Å². The summed E-state index contributed by atoms with van der Waals surface area (Å²) >= 11 is 0. The lowest BCUT2D eigenvalue weighted by atomic mass is 10.2. The second-order valence-corrected chi connectivity index (χ2v) is 5.80. The zero-order chi connectivity index (χ0) is 15.0. The number of aromatic nitrogens is 4. The molecule has 2 aromatic heterocycles. The van der Waals surface area contributed by atoms with Gasteiger partial charge in [0, 0.05) is 11.6 Å². The van der Waals surface area contributed by atoms with Gasteiger partial charge in [-0.05, 0) is 12.1 Å². The molecule has 106 valence electrons. The van der Waals surface area contributed by atoms with E-state index in [2.05, 4.69) is 20.2 Å². The molecule has 0 spiro atoms. The molecule has 2 heterocycles. The van der Waals surface area contributed by atoms with Crippen LogP contribution in [0.2, 0.25) is 0 Å². The average Bonchev–Trinajstić information content (AvgIpc) is 2.97. The molecule has 0 saturated heterocycles. The van der Waals surface area contributed by atoms with Gasteiger partial charge < -0.3 is 10.1 Å². The highest BCUT2D eigenvalue weighted by molar-refractivity contribution is 7.91. The first-order chi connectivity index (χ1) is 10.00. The van der Waals surface area contributed by atoms with Crippen molar-refractivity contribution in [1.29, 1.82) is 0 Å². The highest BCUT2D eigenvalue weighted by Gasteiger charge is 2.26. The summed E-state index contributed by atoms with van der Waals surface area (Å²) < 4.78 is 24.9. The summed E-state index contributed by atoms with van der Waals surface area (Å²) in [7, 11) is -4.13. The van der Waals surface area contributed by atoms with Crippen LogP contribution in [-0.4, -0.2) is 28.5 Å². The van der Waals surface area contributed by atoms with Crippen LogP contribution in [0.3, 0.4) is 0 Å². The second kappa shape index (κ2) is 4.59. The van der Waals surface area contributed by atoms with Crippen molar-refractivity contribution in [3.63, 3.8) is 0 Å². The first kappa shape index (κ1) is 13.1. The van der Waals surface area contributed by atoms with Gasteiger partial charge in [-0.1, -0.05) is 18.2 Å². The van der Waals surface area contributed by atoms with E-state index in [-0.39, 0.29) is 10.4 Å². The van der Waals surface area contributed by atoms with Crippen LogP contribution in [0.15, 0.2) is 46.6 Å². The van der Waals surface area contributed by atoms with Crippen molar-refractivity contribution >= 4 is 26.7 Å². The third-order valence-corrected chi connectivity index (χ3v) is 4.27. The van der Waals surface area contributed by atoms with Crippen molar-refractivity contribution in [3.8, 4) is 0 Å². The van der Waals surface area contributed by atoms with Gasteiger partial charge in [-0.2, -0.15) is 9.91 Å². The Morgan fingerprint density at radius 1 is 1.14 bits per heavy atom. The first-order valence-electron chi connectivity index (χ1n) is 5.61. The fourth-order valence-electron chi connectivity index (χ4n) is 1.80. The van der Waals surface area contributed by atoms with Crippen LogP contribution in [0.1, 0.15) is 0 Å². The van der Waals surface area contributed by atoms with E-state index in [4.69, 9.17) is 0 Å². The number of fused-ring (bicyclic) bond motifs is 1. The monoisotopic (exact) mass is 304 g/mol. The van der Waals surface area contributed by atoms with Crippen molar-refractivity contribution in [1.82, 2.24) is 20.2 Å². The Morgan fingerprint density at radius 2 is 1.90 bits per heavy atom. The number of para-hydroxylation sites is 1. The maximum absolute atomic E-state index is 12.5. The van der Waals surface area contributed by atoms with Gasteiger partial charge in [0.15, 0.2) is 0 Å². The van der Waals surface area contributed by atoms with Crippen LogP contribution in [0, 0.1) is 10.1 Å². The van der Waals surface area contributed by atoms with Crippen LogP contribution in [0.25, 0.3) is 10.9 Å². The maximum Gasteiger partial charge on any atom is 0.277 e. The lowest BCUT2D eigenvalue weighted by Crippen LogP contribution is -2.07. The molecule has 3 aromatic rings. The fraction of sp³-hybridized carbons (Fsp3) is 0. The lowest BCUT2D eigenvalue weighted by molar-refractivity contribution is -0.394. The number of pyridine rings is 1. The average molecular weight is 304 g/mol. The molecule has 0 fully saturated rings. The number of hydrogen-bond donors (Lipinski definition) is 0. The van der Waals surface area contributed by atoms with E-state index in [1.807, 2.05) is 0 Å². The van der Waals surface area contributed by atoms with Gasteiger partial charge in [-0.3, -0.25) is 4.98 Å². The van der Waals surface area contributed by atoms with Crippen molar-refractivity contribution in [2.75, 3.05) is 0 Å². The van der Waals surface area contributed by atoms with E-state index in [9.17, 15) is 18.5 Å². The summed E-state index contributed by atoms with van der Waals surface area (Å²) in [6, 6.07) is 7.96. The van der Waals surface area contributed by atoms with Gasteiger partial charge in [0.1, 0.15) is 4.90 Å². The van der Waals surface area contributed by atoms with Gasteiger partial charge in [-0.15, -0.1) is 10.2 Å². The Morgan fingerprint density at radius 3 is 2.62 bits per heavy atom. The standard InChI is InChI=1S/C11H6N5O4S/c17-16(18)10-13-11(15-14-10)21(19,20)8-5-1-3-7-4-2-6-12-9(7)8/h1-6H/q-1. The number of sulfone groups is 1. The molecular weight excluding hydrogens is 298 g/mol. The Kier molecular flexibility index (Phi) is 2.87. The van der Waals surface area contributed by atoms with Crippen LogP contribution in [0.4, 0.5) is 5.95 Å². The minimum atomic E-state index is -4.13. The summed E-state index contributed by atoms with van der Waals surface area (Å²) in [4.78, 5) is 16.8. The molecule has 0 radical (unpaired) electrons. The van der Waals surface area contributed by atoms with Crippen LogP contribution < -0.4 is 4.98 Å². The molecule has 0 N–H and O–H groups in total. The van der Waals surface area contributed by atoms with Gasteiger partial charge in [-0.25, -0.2) is 8.42 Å². The Hall–Kier alpha value is -2.88. The molecule has 1 aromatic carbocycles. The number of benzene rings is 1. The third-order valence-electron chi connectivity index (χ3n) is 2.71. The summed E-state index contributed by atoms with van der Waals surface area (Å²) in [5.74, 6) is -0.859. The number of hydrogen-bond acceptors (Lipinski definition) is 7. The summed E-state index contributed by atoms with van der Waals surface area (Å²) in [5, 5.41) is 16.8. The summed E-state index contributed by atoms with van der Waals surface area (Å²) in [5.41, 5.74) is 0.243. The molecule has 0 bridgehead atoms. The predicted octanol–water partition coefficient (Wildman–Crippen LogP) is 0.723. The van der Waals surface area contributed by atoms with E-state index < -0.39 is 25.9 Å². The van der Waals surface area contributed by atoms with E-state index in [0.29, 0.717) is 5.39 Å². The minimum Gasteiger partial charge on any atom is -0.458 e.